The van der Waals surface area contributed by atoms with E-state index in [1.54, 1.807) is 18.2 Å². The molecule has 1 aliphatic heterocycles. The maximum Gasteiger partial charge on any atom is 0.303 e. The number of carboxylic acid groups (broad SMARTS) is 1. The van der Waals surface area contributed by atoms with Crippen LogP contribution in [0.4, 0.5) is 0 Å². The van der Waals surface area contributed by atoms with Crippen LogP contribution < -0.4 is 15.0 Å². The van der Waals surface area contributed by atoms with Gasteiger partial charge in [-0.25, -0.2) is 5.01 Å². The number of nitrogens with one attached hydrogen (secondary N) is 1. The molecule has 0 saturated heterocycles. The van der Waals surface area contributed by atoms with Crippen LogP contribution in [0.2, 0.25) is 0 Å². The largest absolute Gasteiger partial charge is 0.497 e. The first-order valence-corrected chi connectivity index (χ1v) is 13.3. The van der Waals surface area contributed by atoms with Crippen molar-refractivity contribution in [1.82, 2.24) is 9.99 Å². The molecule has 5 rings (SSSR count). The number of amides is 1. The second-order valence-corrected chi connectivity index (χ2v) is 10.2. The van der Waals surface area contributed by atoms with Gasteiger partial charge in [0.25, 0.3) is 5.56 Å². The van der Waals surface area contributed by atoms with Crippen molar-refractivity contribution < 1.29 is 24.2 Å². The number of pyridine rings is 1. The minimum absolute atomic E-state index is 0.199. The SMILES string of the molecule is COc1ccc(OC)c([C@H]2CC(c3c(-c4ccccc4)c4cc(Br)ccc4[nH]c3=O)=NN2C(=O)CCC(=O)O)c1. The van der Waals surface area contributed by atoms with Crippen LogP contribution >= 0.6 is 15.9 Å². The number of methoxy groups -OCH3 is 2. The van der Waals surface area contributed by atoms with Crippen molar-refractivity contribution in [2.45, 2.75) is 25.3 Å². The number of hydrazone groups is 1. The quantitative estimate of drug-likeness (QED) is 0.273. The lowest BCUT2D eigenvalue weighted by molar-refractivity contribution is -0.141. The molecule has 0 saturated carbocycles. The summed E-state index contributed by atoms with van der Waals surface area (Å²) in [6.45, 7) is 0. The van der Waals surface area contributed by atoms with Gasteiger partial charge >= 0.3 is 5.97 Å². The summed E-state index contributed by atoms with van der Waals surface area (Å²) in [6.07, 6.45) is -0.395. The average molecular weight is 604 g/mol. The Labute approximate surface area is 238 Å². The van der Waals surface area contributed by atoms with E-state index in [1.165, 1.54) is 19.2 Å². The predicted octanol–water partition coefficient (Wildman–Crippen LogP) is 5.52. The van der Waals surface area contributed by atoms with Gasteiger partial charge in [-0.3, -0.25) is 14.4 Å². The molecular formula is C30H26BrN3O6. The molecule has 0 radical (unpaired) electrons. The number of halogens is 1. The van der Waals surface area contributed by atoms with E-state index in [2.05, 4.69) is 26.0 Å². The molecule has 204 valence electrons. The molecular weight excluding hydrogens is 578 g/mol. The van der Waals surface area contributed by atoms with Gasteiger partial charge < -0.3 is 19.6 Å². The Bertz CT molecular complexity index is 1700. The van der Waals surface area contributed by atoms with Crippen LogP contribution in [0.15, 0.2) is 81.1 Å². The summed E-state index contributed by atoms with van der Waals surface area (Å²) in [5.41, 5.74) is 3.21. The minimum Gasteiger partial charge on any atom is -0.497 e. The summed E-state index contributed by atoms with van der Waals surface area (Å²) in [7, 11) is 3.06. The highest BCUT2D eigenvalue weighted by molar-refractivity contribution is 9.10. The van der Waals surface area contributed by atoms with Crippen molar-refractivity contribution in [3.8, 4) is 22.6 Å². The number of aromatic nitrogens is 1. The molecule has 4 aromatic rings. The third-order valence-electron chi connectivity index (χ3n) is 6.84. The summed E-state index contributed by atoms with van der Waals surface area (Å²) >= 11 is 3.54. The molecule has 2 N–H and O–H groups in total. The van der Waals surface area contributed by atoms with Gasteiger partial charge in [-0.05, 0) is 42.0 Å². The average Bonchev–Trinajstić information content (AvgIpc) is 3.40. The number of fused-ring (bicyclic) bond motifs is 1. The molecule has 2 heterocycles. The topological polar surface area (TPSA) is 121 Å². The van der Waals surface area contributed by atoms with E-state index < -0.39 is 17.9 Å². The summed E-state index contributed by atoms with van der Waals surface area (Å²) in [4.78, 5) is 41.3. The van der Waals surface area contributed by atoms with Crippen LogP contribution in [-0.4, -0.2) is 46.9 Å². The van der Waals surface area contributed by atoms with Crippen LogP contribution in [0, 0.1) is 0 Å². The molecule has 0 fully saturated rings. The molecule has 0 bridgehead atoms. The third kappa shape index (κ3) is 5.22. The molecule has 1 atom stereocenters. The maximum absolute atomic E-state index is 13.7. The van der Waals surface area contributed by atoms with Crippen LogP contribution in [0.5, 0.6) is 11.5 Å². The van der Waals surface area contributed by atoms with E-state index in [9.17, 15) is 19.5 Å². The third-order valence-corrected chi connectivity index (χ3v) is 7.34. The number of rotatable bonds is 8. The summed E-state index contributed by atoms with van der Waals surface area (Å²) in [5, 5.41) is 16.0. The van der Waals surface area contributed by atoms with Crippen LogP contribution in [0.25, 0.3) is 22.0 Å². The molecule has 1 aliphatic rings. The van der Waals surface area contributed by atoms with E-state index >= 15 is 0 Å². The van der Waals surface area contributed by atoms with Gasteiger partial charge in [0.1, 0.15) is 11.5 Å². The summed E-state index contributed by atoms with van der Waals surface area (Å²) in [5.74, 6) is -0.498. The van der Waals surface area contributed by atoms with Crippen LogP contribution in [-0.2, 0) is 9.59 Å². The zero-order valence-electron chi connectivity index (χ0n) is 21.8. The Morgan fingerprint density at radius 1 is 1.02 bits per heavy atom. The normalized spacial score (nSPS) is 14.7. The van der Waals surface area contributed by atoms with E-state index in [0.29, 0.717) is 39.4 Å². The minimum atomic E-state index is -1.09. The van der Waals surface area contributed by atoms with Gasteiger partial charge in [0.2, 0.25) is 5.91 Å². The smallest absolute Gasteiger partial charge is 0.303 e. The van der Waals surface area contributed by atoms with Crippen molar-refractivity contribution in [3.05, 3.63) is 92.7 Å². The van der Waals surface area contributed by atoms with Crippen molar-refractivity contribution in [3.63, 3.8) is 0 Å². The lowest BCUT2D eigenvalue weighted by atomic mass is 9.90. The Hall–Kier alpha value is -4.44. The van der Waals surface area contributed by atoms with Crippen LogP contribution in [0.1, 0.15) is 36.4 Å². The monoisotopic (exact) mass is 603 g/mol. The van der Waals surface area contributed by atoms with Crippen molar-refractivity contribution in [2.75, 3.05) is 14.2 Å². The first-order valence-electron chi connectivity index (χ1n) is 12.5. The second-order valence-electron chi connectivity index (χ2n) is 9.27. The molecule has 9 nitrogen and oxygen atoms in total. The van der Waals surface area contributed by atoms with E-state index in [-0.39, 0.29) is 24.8 Å². The maximum atomic E-state index is 13.7. The molecule has 0 aliphatic carbocycles. The zero-order valence-corrected chi connectivity index (χ0v) is 23.4. The number of carbonyl (C=O) groups is 2. The number of carbonyl (C=O) groups excluding carboxylic acids is 1. The molecule has 1 aromatic heterocycles. The van der Waals surface area contributed by atoms with Crippen molar-refractivity contribution >= 4 is 44.4 Å². The van der Waals surface area contributed by atoms with Crippen molar-refractivity contribution in [1.29, 1.82) is 0 Å². The van der Waals surface area contributed by atoms with Gasteiger partial charge in [0.05, 0.1) is 38.0 Å². The number of aliphatic carboxylic acids is 1. The molecule has 40 heavy (non-hydrogen) atoms. The van der Waals surface area contributed by atoms with Gasteiger partial charge in [-0.2, -0.15) is 5.10 Å². The fourth-order valence-electron chi connectivity index (χ4n) is 5.01. The fourth-order valence-corrected chi connectivity index (χ4v) is 5.37. The highest BCUT2D eigenvalue weighted by Gasteiger charge is 2.37. The highest BCUT2D eigenvalue weighted by Crippen LogP contribution is 2.41. The van der Waals surface area contributed by atoms with Gasteiger partial charge in [-0.15, -0.1) is 0 Å². The number of aromatic amines is 1. The van der Waals surface area contributed by atoms with E-state index in [4.69, 9.17) is 9.47 Å². The van der Waals surface area contributed by atoms with Crippen LogP contribution in [0.3, 0.4) is 0 Å². The predicted molar refractivity (Wildman–Crippen MR) is 155 cm³/mol. The molecule has 10 heteroatoms. The Morgan fingerprint density at radius 3 is 2.50 bits per heavy atom. The number of benzene rings is 3. The van der Waals surface area contributed by atoms with Gasteiger partial charge in [0.15, 0.2) is 0 Å². The zero-order chi connectivity index (χ0) is 28.4. The first kappa shape index (κ1) is 27.1. The van der Waals surface area contributed by atoms with Crippen molar-refractivity contribution in [2.24, 2.45) is 5.10 Å². The number of H-pyrrole nitrogens is 1. The van der Waals surface area contributed by atoms with E-state index in [1.807, 2.05) is 48.5 Å². The summed E-state index contributed by atoms with van der Waals surface area (Å²) in [6, 6.07) is 19.8. The summed E-state index contributed by atoms with van der Waals surface area (Å²) < 4.78 is 11.9. The Morgan fingerprint density at radius 2 is 1.80 bits per heavy atom. The second kappa shape index (κ2) is 11.4. The van der Waals surface area contributed by atoms with Gasteiger partial charge in [-0.1, -0.05) is 46.3 Å². The lowest BCUT2D eigenvalue weighted by Crippen LogP contribution is -2.27. The number of carboxylic acids is 1. The number of nitrogens with zero attached hydrogens (tertiary/aromatic N) is 2. The fraction of sp³-hybridized carbons (Fsp3) is 0.200. The highest BCUT2D eigenvalue weighted by atomic mass is 79.9. The lowest BCUT2D eigenvalue weighted by Gasteiger charge is -2.24. The number of hydrogen-bond donors (Lipinski definition) is 2. The molecule has 1 amide bonds. The number of hydrogen-bond acceptors (Lipinski definition) is 6. The number of ether oxygens (including phenoxy) is 2. The first-order chi connectivity index (χ1) is 19.3. The molecule has 0 unspecified atom stereocenters. The Balaban J connectivity index is 1.72. The Kier molecular flexibility index (Phi) is 7.70. The van der Waals surface area contributed by atoms with E-state index in [0.717, 1.165) is 15.4 Å². The molecule has 0 spiro atoms. The van der Waals surface area contributed by atoms with Gasteiger partial charge in [0, 0.05) is 39.3 Å². The standard InChI is InChI=1S/C30H26BrN3O6/c1-39-19-9-11-25(40-2)21(15-19)24-16-23(33-34(24)26(35)12-13-27(36)37)29-28(17-6-4-3-5-7-17)20-14-18(31)8-10-22(20)32-30(29)38/h3-11,14-15,24H,12-13,16H2,1-2H3,(H,32,38)(H,36,37)/t24-/m1/s1. The molecule has 3 aromatic carbocycles.